The van der Waals surface area contributed by atoms with E-state index in [2.05, 4.69) is 15.6 Å². The third-order valence-electron chi connectivity index (χ3n) is 5.10. The topological polar surface area (TPSA) is 101 Å². The second kappa shape index (κ2) is 8.87. The summed E-state index contributed by atoms with van der Waals surface area (Å²) in [6.07, 6.45) is 2.03. The standard InChI is InChI=1S/C22H25N3O4/c1-13-4-5-18(8-14(13)2)29-12-21(27)24-19-10-20(15(19)3)25-22(28)16-6-7-23-17(9-16)11-26/h4-9,19,26H,10-12H2,1-3H3,(H,24,27)(H,25,28). The minimum absolute atomic E-state index is 0.0606. The van der Waals surface area contributed by atoms with Gasteiger partial charge < -0.3 is 20.5 Å². The van der Waals surface area contributed by atoms with Crippen LogP contribution in [0.25, 0.3) is 0 Å². The summed E-state index contributed by atoms with van der Waals surface area (Å²) in [5, 5.41) is 14.9. The predicted octanol–water partition coefficient (Wildman–Crippen LogP) is 2.16. The molecule has 3 N–H and O–H groups in total. The number of pyridine rings is 1. The van der Waals surface area contributed by atoms with Crippen molar-refractivity contribution in [3.8, 4) is 5.75 Å². The van der Waals surface area contributed by atoms with Crippen LogP contribution in [0, 0.1) is 13.8 Å². The Labute approximate surface area is 169 Å². The Morgan fingerprint density at radius 1 is 1.17 bits per heavy atom. The smallest absolute Gasteiger partial charge is 0.258 e. The van der Waals surface area contributed by atoms with E-state index in [0.29, 0.717) is 23.4 Å². The van der Waals surface area contributed by atoms with Crippen molar-refractivity contribution in [3.63, 3.8) is 0 Å². The second-order valence-corrected chi connectivity index (χ2v) is 7.17. The van der Waals surface area contributed by atoms with Crippen LogP contribution in [-0.4, -0.2) is 34.6 Å². The van der Waals surface area contributed by atoms with Crippen LogP contribution in [0.5, 0.6) is 5.75 Å². The first-order chi connectivity index (χ1) is 13.9. The van der Waals surface area contributed by atoms with E-state index in [0.717, 1.165) is 16.8 Å². The fourth-order valence-corrected chi connectivity index (χ4v) is 3.01. The maximum Gasteiger partial charge on any atom is 0.258 e. The number of aliphatic hydroxyl groups excluding tert-OH is 1. The Kier molecular flexibility index (Phi) is 6.29. The highest BCUT2D eigenvalue weighted by Crippen LogP contribution is 2.26. The van der Waals surface area contributed by atoms with Gasteiger partial charge in [0, 0.05) is 23.9 Å². The first-order valence-electron chi connectivity index (χ1n) is 9.43. The molecule has 7 nitrogen and oxygen atoms in total. The third kappa shape index (κ3) is 5.00. The highest BCUT2D eigenvalue weighted by molar-refractivity contribution is 5.95. The average Bonchev–Trinajstić information content (AvgIpc) is 2.73. The predicted molar refractivity (Wildman–Crippen MR) is 108 cm³/mol. The molecule has 0 saturated heterocycles. The number of carbonyl (C=O) groups excluding carboxylic acids is 2. The molecule has 0 aliphatic heterocycles. The van der Waals surface area contributed by atoms with Gasteiger partial charge in [-0.25, -0.2) is 0 Å². The van der Waals surface area contributed by atoms with E-state index >= 15 is 0 Å². The first-order valence-corrected chi connectivity index (χ1v) is 9.43. The molecule has 1 aliphatic carbocycles. The van der Waals surface area contributed by atoms with E-state index in [-0.39, 0.29) is 31.1 Å². The summed E-state index contributed by atoms with van der Waals surface area (Å²) in [7, 11) is 0. The summed E-state index contributed by atoms with van der Waals surface area (Å²) >= 11 is 0. The first kappa shape index (κ1) is 20.5. The number of hydrogen-bond acceptors (Lipinski definition) is 5. The molecule has 2 aromatic rings. The van der Waals surface area contributed by atoms with Gasteiger partial charge in [-0.2, -0.15) is 0 Å². The molecule has 0 bridgehead atoms. The molecule has 7 heteroatoms. The van der Waals surface area contributed by atoms with Gasteiger partial charge in [-0.15, -0.1) is 0 Å². The van der Waals surface area contributed by atoms with E-state index in [1.54, 1.807) is 12.1 Å². The molecular formula is C22H25N3O4. The van der Waals surface area contributed by atoms with E-state index in [1.807, 2.05) is 39.0 Å². The molecular weight excluding hydrogens is 370 g/mol. The van der Waals surface area contributed by atoms with Crippen molar-refractivity contribution in [1.82, 2.24) is 15.6 Å². The number of nitrogens with zero attached hydrogens (tertiary/aromatic N) is 1. The van der Waals surface area contributed by atoms with Gasteiger partial charge in [0.15, 0.2) is 6.61 Å². The lowest BCUT2D eigenvalue weighted by atomic mass is 9.89. The van der Waals surface area contributed by atoms with Crippen LogP contribution >= 0.6 is 0 Å². The second-order valence-electron chi connectivity index (χ2n) is 7.17. The quantitative estimate of drug-likeness (QED) is 0.667. The van der Waals surface area contributed by atoms with E-state index in [9.17, 15) is 9.59 Å². The molecule has 3 rings (SSSR count). The molecule has 0 spiro atoms. The number of aryl methyl sites for hydroxylation is 2. The van der Waals surface area contributed by atoms with Crippen molar-refractivity contribution < 1.29 is 19.4 Å². The maximum atomic E-state index is 12.3. The van der Waals surface area contributed by atoms with Crippen molar-refractivity contribution in [2.45, 2.75) is 39.8 Å². The average molecular weight is 395 g/mol. The van der Waals surface area contributed by atoms with Gasteiger partial charge in [0.25, 0.3) is 11.8 Å². The van der Waals surface area contributed by atoms with Crippen LogP contribution < -0.4 is 15.4 Å². The molecule has 1 heterocycles. The van der Waals surface area contributed by atoms with Crippen LogP contribution in [0.4, 0.5) is 0 Å². The summed E-state index contributed by atoms with van der Waals surface area (Å²) in [6, 6.07) is 8.74. The molecule has 1 atom stereocenters. The van der Waals surface area contributed by atoms with Crippen LogP contribution in [0.1, 0.15) is 40.5 Å². The number of nitrogens with one attached hydrogen (secondary N) is 2. The zero-order valence-electron chi connectivity index (χ0n) is 16.8. The highest BCUT2D eigenvalue weighted by atomic mass is 16.5. The lowest BCUT2D eigenvalue weighted by Gasteiger charge is -2.32. The Morgan fingerprint density at radius 2 is 1.97 bits per heavy atom. The number of carbonyl (C=O) groups is 2. The molecule has 0 saturated carbocycles. The van der Waals surface area contributed by atoms with Gasteiger partial charge in [-0.05, 0) is 61.7 Å². The summed E-state index contributed by atoms with van der Waals surface area (Å²) < 4.78 is 5.56. The monoisotopic (exact) mass is 395 g/mol. The molecule has 2 amide bonds. The minimum atomic E-state index is -0.265. The Bertz CT molecular complexity index is 968. The third-order valence-corrected chi connectivity index (χ3v) is 5.10. The molecule has 0 radical (unpaired) electrons. The Morgan fingerprint density at radius 3 is 2.66 bits per heavy atom. The van der Waals surface area contributed by atoms with E-state index in [4.69, 9.17) is 9.84 Å². The van der Waals surface area contributed by atoms with Crippen molar-refractivity contribution in [1.29, 1.82) is 0 Å². The SMILES string of the molecule is CC1=C(NC(=O)c2ccnc(CO)c2)CC1NC(=O)COc1ccc(C)c(C)c1. The number of benzene rings is 1. The maximum absolute atomic E-state index is 12.3. The normalized spacial score (nSPS) is 15.5. The highest BCUT2D eigenvalue weighted by Gasteiger charge is 2.29. The fourth-order valence-electron chi connectivity index (χ4n) is 3.01. The number of ether oxygens (including phenoxy) is 1. The Hall–Kier alpha value is -3.19. The van der Waals surface area contributed by atoms with Gasteiger partial charge in [0.1, 0.15) is 5.75 Å². The number of aliphatic hydroxyl groups is 1. The van der Waals surface area contributed by atoms with E-state index < -0.39 is 0 Å². The van der Waals surface area contributed by atoms with Crippen LogP contribution in [-0.2, 0) is 11.4 Å². The number of hydrogen-bond donors (Lipinski definition) is 3. The number of rotatable bonds is 7. The summed E-state index contributed by atoms with van der Waals surface area (Å²) in [4.78, 5) is 28.5. The Balaban J connectivity index is 1.50. The molecule has 1 aliphatic rings. The van der Waals surface area contributed by atoms with Crippen LogP contribution in [0.15, 0.2) is 47.8 Å². The molecule has 1 unspecified atom stereocenters. The van der Waals surface area contributed by atoms with Crippen LogP contribution in [0.3, 0.4) is 0 Å². The zero-order chi connectivity index (χ0) is 21.0. The molecule has 29 heavy (non-hydrogen) atoms. The zero-order valence-corrected chi connectivity index (χ0v) is 16.8. The molecule has 0 fully saturated rings. The minimum Gasteiger partial charge on any atom is -0.484 e. The number of aromatic nitrogens is 1. The summed E-state index contributed by atoms with van der Waals surface area (Å²) in [5.41, 5.74) is 4.85. The summed E-state index contributed by atoms with van der Waals surface area (Å²) in [6.45, 7) is 5.61. The largest absolute Gasteiger partial charge is 0.484 e. The molecule has 1 aromatic carbocycles. The van der Waals surface area contributed by atoms with E-state index in [1.165, 1.54) is 11.8 Å². The molecule has 152 valence electrons. The van der Waals surface area contributed by atoms with Crippen LogP contribution in [0.2, 0.25) is 0 Å². The number of amides is 2. The lowest BCUT2D eigenvalue weighted by Crippen LogP contribution is -2.46. The molecule has 1 aromatic heterocycles. The van der Waals surface area contributed by atoms with Gasteiger partial charge >= 0.3 is 0 Å². The van der Waals surface area contributed by atoms with Gasteiger partial charge in [-0.3, -0.25) is 14.6 Å². The van der Waals surface area contributed by atoms with Gasteiger partial charge in [0.05, 0.1) is 18.3 Å². The van der Waals surface area contributed by atoms with Gasteiger partial charge in [0.2, 0.25) is 0 Å². The van der Waals surface area contributed by atoms with Gasteiger partial charge in [-0.1, -0.05) is 6.07 Å². The van der Waals surface area contributed by atoms with Crippen molar-refractivity contribution in [2.24, 2.45) is 0 Å². The lowest BCUT2D eigenvalue weighted by molar-refractivity contribution is -0.123. The summed E-state index contributed by atoms with van der Waals surface area (Å²) in [5.74, 6) is 0.190. The van der Waals surface area contributed by atoms with Crippen molar-refractivity contribution in [3.05, 3.63) is 70.2 Å². The van der Waals surface area contributed by atoms with Crippen molar-refractivity contribution >= 4 is 11.8 Å². The fraction of sp³-hybridized carbons (Fsp3) is 0.318. The van der Waals surface area contributed by atoms with Crippen molar-refractivity contribution in [2.75, 3.05) is 6.61 Å².